The van der Waals surface area contributed by atoms with Gasteiger partial charge in [-0.3, -0.25) is 0 Å². The number of ether oxygens (including phenoxy) is 2. The van der Waals surface area contributed by atoms with E-state index in [9.17, 15) is 9.59 Å². The highest BCUT2D eigenvalue weighted by atomic mass is 32.2. The zero-order chi connectivity index (χ0) is 19.2. The number of esters is 1. The number of aromatic amines is 1. The van der Waals surface area contributed by atoms with Crippen LogP contribution in [0.4, 0.5) is 4.79 Å². The highest BCUT2D eigenvalue weighted by Gasteiger charge is 2.26. The molecule has 146 valence electrons. The molecule has 0 atom stereocenters. The molecule has 0 radical (unpaired) electrons. The summed E-state index contributed by atoms with van der Waals surface area (Å²) in [7, 11) is 0. The molecule has 0 unspecified atom stereocenters. The lowest BCUT2D eigenvalue weighted by atomic mass is 9.95. The second-order valence-electron chi connectivity index (χ2n) is 7.36. The van der Waals surface area contributed by atoms with E-state index in [4.69, 9.17) is 9.47 Å². The number of nitrogens with one attached hydrogen (secondary N) is 1. The first-order valence-electron chi connectivity index (χ1n) is 9.11. The Morgan fingerprint density at radius 2 is 2.04 bits per heavy atom. The predicted molar refractivity (Wildman–Crippen MR) is 100 cm³/mol. The number of carbonyl (C=O) groups is 2. The maximum Gasteiger partial charge on any atom is 0.410 e. The van der Waals surface area contributed by atoms with Gasteiger partial charge in [-0.05, 0) is 52.9 Å². The van der Waals surface area contributed by atoms with Crippen LogP contribution >= 0.6 is 11.8 Å². The Bertz CT molecular complexity index is 604. The number of hydrogen-bond acceptors (Lipinski definition) is 6. The lowest BCUT2D eigenvalue weighted by Gasteiger charge is -2.33. The number of imidazole rings is 1. The lowest BCUT2D eigenvalue weighted by molar-refractivity contribution is 0.0183. The number of rotatable bonds is 6. The molecule has 7 nitrogen and oxygen atoms in total. The molecular weight excluding hydrogens is 354 g/mol. The molecule has 1 amide bonds. The van der Waals surface area contributed by atoms with Crippen molar-refractivity contribution in [1.29, 1.82) is 0 Å². The summed E-state index contributed by atoms with van der Waals surface area (Å²) in [6.07, 6.45) is 4.41. The molecule has 1 fully saturated rings. The summed E-state index contributed by atoms with van der Waals surface area (Å²) in [4.78, 5) is 32.7. The maximum absolute atomic E-state index is 12.1. The van der Waals surface area contributed by atoms with E-state index in [-0.39, 0.29) is 6.09 Å². The standard InChI is InChI=1S/C18H29N3O4S/c1-5-24-15(22)14-12-19-16(20-14)26-11-8-13-6-9-21(10-7-13)17(23)25-18(2,3)4/h12-13H,5-11H2,1-4H3,(H,19,20). The van der Waals surface area contributed by atoms with E-state index in [0.29, 0.717) is 18.2 Å². The minimum atomic E-state index is -0.448. The SMILES string of the molecule is CCOC(=O)c1c[nH]c(SCCC2CCN(C(=O)OC(C)(C)C)CC2)n1. The molecule has 0 saturated carbocycles. The summed E-state index contributed by atoms with van der Waals surface area (Å²) in [5.74, 6) is 1.12. The van der Waals surface area contributed by atoms with Gasteiger partial charge < -0.3 is 19.4 Å². The minimum Gasteiger partial charge on any atom is -0.461 e. The molecule has 2 heterocycles. The average molecular weight is 384 g/mol. The van der Waals surface area contributed by atoms with Crippen molar-refractivity contribution >= 4 is 23.8 Å². The Kier molecular flexibility index (Phi) is 7.37. The fourth-order valence-electron chi connectivity index (χ4n) is 2.74. The number of amides is 1. The zero-order valence-corrected chi connectivity index (χ0v) is 16.9. The Hall–Kier alpha value is -1.70. The predicted octanol–water partition coefficient (Wildman–Crippen LogP) is 3.72. The van der Waals surface area contributed by atoms with E-state index >= 15 is 0 Å². The fourth-order valence-corrected chi connectivity index (χ4v) is 3.69. The van der Waals surface area contributed by atoms with E-state index in [1.807, 2.05) is 20.8 Å². The Labute approximate surface area is 159 Å². The second kappa shape index (κ2) is 9.30. The van der Waals surface area contributed by atoms with Crippen LogP contribution in [-0.2, 0) is 9.47 Å². The number of aromatic nitrogens is 2. The Balaban J connectivity index is 1.67. The molecule has 2 rings (SSSR count). The van der Waals surface area contributed by atoms with Gasteiger partial charge in [0.1, 0.15) is 5.60 Å². The highest BCUT2D eigenvalue weighted by molar-refractivity contribution is 7.99. The van der Waals surface area contributed by atoms with Crippen LogP contribution in [0.5, 0.6) is 0 Å². The molecule has 0 aromatic carbocycles. The number of piperidine rings is 1. The van der Waals surface area contributed by atoms with Crippen LogP contribution < -0.4 is 0 Å². The summed E-state index contributed by atoms with van der Waals surface area (Å²) in [6, 6.07) is 0. The van der Waals surface area contributed by atoms with Crippen LogP contribution in [0.3, 0.4) is 0 Å². The van der Waals surface area contributed by atoms with Crippen molar-refractivity contribution in [2.24, 2.45) is 5.92 Å². The van der Waals surface area contributed by atoms with Gasteiger partial charge in [0, 0.05) is 25.0 Å². The normalized spacial score (nSPS) is 15.8. The molecule has 1 aromatic heterocycles. The second-order valence-corrected chi connectivity index (χ2v) is 8.44. The number of carbonyl (C=O) groups excluding carboxylic acids is 2. The van der Waals surface area contributed by atoms with Crippen LogP contribution in [0, 0.1) is 5.92 Å². The quantitative estimate of drug-likeness (QED) is 0.595. The number of thioether (sulfide) groups is 1. The van der Waals surface area contributed by atoms with Gasteiger partial charge in [0.25, 0.3) is 0 Å². The van der Waals surface area contributed by atoms with Crippen molar-refractivity contribution in [2.75, 3.05) is 25.4 Å². The molecule has 0 bridgehead atoms. The van der Waals surface area contributed by atoms with Crippen molar-refractivity contribution in [1.82, 2.24) is 14.9 Å². The average Bonchev–Trinajstić information content (AvgIpc) is 3.03. The number of H-pyrrole nitrogens is 1. The zero-order valence-electron chi connectivity index (χ0n) is 16.0. The van der Waals surface area contributed by atoms with E-state index in [2.05, 4.69) is 9.97 Å². The van der Waals surface area contributed by atoms with Gasteiger partial charge in [0.05, 0.1) is 6.61 Å². The summed E-state index contributed by atoms with van der Waals surface area (Å²) in [5, 5.41) is 0.735. The van der Waals surface area contributed by atoms with E-state index < -0.39 is 11.6 Å². The topological polar surface area (TPSA) is 84.5 Å². The molecule has 1 N–H and O–H groups in total. The maximum atomic E-state index is 12.1. The van der Waals surface area contributed by atoms with Crippen LogP contribution in [0.2, 0.25) is 0 Å². The number of hydrogen-bond donors (Lipinski definition) is 1. The highest BCUT2D eigenvalue weighted by Crippen LogP contribution is 2.25. The van der Waals surface area contributed by atoms with Crippen LogP contribution in [-0.4, -0.2) is 58.0 Å². The summed E-state index contributed by atoms with van der Waals surface area (Å²) in [6.45, 7) is 9.27. The van der Waals surface area contributed by atoms with Gasteiger partial charge in [-0.25, -0.2) is 14.6 Å². The van der Waals surface area contributed by atoms with Crippen molar-refractivity contribution in [3.05, 3.63) is 11.9 Å². The molecule has 8 heteroatoms. The van der Waals surface area contributed by atoms with Crippen molar-refractivity contribution < 1.29 is 19.1 Å². The van der Waals surface area contributed by atoms with Gasteiger partial charge in [-0.15, -0.1) is 0 Å². The summed E-state index contributed by atoms with van der Waals surface area (Å²) >= 11 is 1.61. The first-order chi connectivity index (χ1) is 12.3. The third-order valence-corrected chi connectivity index (χ3v) is 4.99. The molecular formula is C18H29N3O4S. The van der Waals surface area contributed by atoms with Gasteiger partial charge in [-0.1, -0.05) is 11.8 Å². The van der Waals surface area contributed by atoms with Gasteiger partial charge in [0.15, 0.2) is 10.9 Å². The molecule has 26 heavy (non-hydrogen) atoms. The van der Waals surface area contributed by atoms with Crippen LogP contribution in [0.1, 0.15) is 57.4 Å². The summed E-state index contributed by atoms with van der Waals surface area (Å²) < 4.78 is 10.4. The molecule has 0 aliphatic carbocycles. The summed E-state index contributed by atoms with van der Waals surface area (Å²) in [5.41, 5.74) is -0.129. The van der Waals surface area contributed by atoms with Gasteiger partial charge in [0.2, 0.25) is 0 Å². The lowest BCUT2D eigenvalue weighted by Crippen LogP contribution is -2.41. The molecule has 1 aromatic rings. The Morgan fingerprint density at radius 1 is 1.35 bits per heavy atom. The van der Waals surface area contributed by atoms with E-state index in [1.165, 1.54) is 0 Å². The number of likely N-dealkylation sites (tertiary alicyclic amines) is 1. The van der Waals surface area contributed by atoms with Crippen molar-refractivity contribution in [3.63, 3.8) is 0 Å². The molecule has 1 aliphatic heterocycles. The van der Waals surface area contributed by atoms with Crippen LogP contribution in [0.25, 0.3) is 0 Å². The van der Waals surface area contributed by atoms with Gasteiger partial charge >= 0.3 is 12.1 Å². The molecule has 1 saturated heterocycles. The third kappa shape index (κ3) is 6.55. The third-order valence-electron chi connectivity index (χ3n) is 4.07. The monoisotopic (exact) mass is 383 g/mol. The van der Waals surface area contributed by atoms with Crippen molar-refractivity contribution in [2.45, 2.75) is 57.7 Å². The molecule has 1 aliphatic rings. The van der Waals surface area contributed by atoms with Gasteiger partial charge in [-0.2, -0.15) is 0 Å². The molecule has 0 spiro atoms. The number of nitrogens with zero attached hydrogens (tertiary/aromatic N) is 2. The largest absolute Gasteiger partial charge is 0.461 e. The first-order valence-corrected chi connectivity index (χ1v) is 10.1. The minimum absolute atomic E-state index is 0.215. The van der Waals surface area contributed by atoms with Crippen molar-refractivity contribution in [3.8, 4) is 0 Å². The van der Waals surface area contributed by atoms with Crippen LogP contribution in [0.15, 0.2) is 11.4 Å². The first kappa shape index (κ1) is 20.6. The fraction of sp³-hybridized carbons (Fsp3) is 0.722. The smallest absolute Gasteiger partial charge is 0.410 e. The van der Waals surface area contributed by atoms with E-state index in [0.717, 1.165) is 43.3 Å². The Morgan fingerprint density at radius 3 is 2.65 bits per heavy atom. The van der Waals surface area contributed by atoms with E-state index in [1.54, 1.807) is 29.8 Å².